The van der Waals surface area contributed by atoms with Crippen LogP contribution in [0.15, 0.2) is 18.3 Å². The first-order valence-electron chi connectivity index (χ1n) is 5.58. The second-order valence-electron chi connectivity index (χ2n) is 3.94. The summed E-state index contributed by atoms with van der Waals surface area (Å²) < 4.78 is 0. The highest BCUT2D eigenvalue weighted by molar-refractivity contribution is 7.15. The molecular formula is C12H17N3S. The number of hydrogen-bond donors (Lipinski definition) is 2. The molecule has 0 saturated heterocycles. The van der Waals surface area contributed by atoms with E-state index >= 15 is 0 Å². The average Bonchev–Trinajstić information content (AvgIpc) is 2.95. The van der Waals surface area contributed by atoms with Gasteiger partial charge in [0.2, 0.25) is 0 Å². The van der Waals surface area contributed by atoms with Crippen LogP contribution in [0.2, 0.25) is 0 Å². The molecule has 0 aliphatic heterocycles. The van der Waals surface area contributed by atoms with Crippen LogP contribution in [0.1, 0.15) is 30.5 Å². The van der Waals surface area contributed by atoms with Gasteiger partial charge in [0.25, 0.3) is 0 Å². The van der Waals surface area contributed by atoms with Gasteiger partial charge >= 0.3 is 0 Å². The first-order chi connectivity index (χ1) is 7.74. The van der Waals surface area contributed by atoms with Crippen molar-refractivity contribution in [3.05, 3.63) is 29.0 Å². The smallest absolute Gasteiger partial charge is 0.110 e. The van der Waals surface area contributed by atoms with Gasteiger partial charge in [0, 0.05) is 17.3 Å². The van der Waals surface area contributed by atoms with Crippen LogP contribution in [-0.4, -0.2) is 16.5 Å². The van der Waals surface area contributed by atoms with Gasteiger partial charge in [0.15, 0.2) is 0 Å². The third-order valence-corrected chi connectivity index (χ3v) is 3.95. The predicted octanol–water partition coefficient (Wildman–Crippen LogP) is 2.76. The highest BCUT2D eigenvalue weighted by Gasteiger charge is 2.10. The minimum absolute atomic E-state index is 0.291. The van der Waals surface area contributed by atoms with Gasteiger partial charge in [-0.3, -0.25) is 0 Å². The zero-order chi connectivity index (χ0) is 11.5. The van der Waals surface area contributed by atoms with E-state index in [1.807, 2.05) is 17.5 Å². The van der Waals surface area contributed by atoms with E-state index in [-0.39, 0.29) is 0 Å². The van der Waals surface area contributed by atoms with Crippen LogP contribution < -0.4 is 5.73 Å². The molecule has 1 unspecified atom stereocenters. The third kappa shape index (κ3) is 2.18. The number of nitrogens with zero attached hydrogens (tertiary/aromatic N) is 1. The van der Waals surface area contributed by atoms with E-state index in [1.165, 1.54) is 9.75 Å². The molecule has 0 amide bonds. The molecule has 1 atom stereocenters. The van der Waals surface area contributed by atoms with Gasteiger partial charge < -0.3 is 10.7 Å². The lowest BCUT2D eigenvalue weighted by molar-refractivity contribution is 0.725. The third-order valence-electron chi connectivity index (χ3n) is 2.69. The molecule has 3 nitrogen and oxygen atoms in total. The monoisotopic (exact) mass is 235 g/mol. The Morgan fingerprint density at radius 2 is 2.31 bits per heavy atom. The highest BCUT2D eigenvalue weighted by Crippen LogP contribution is 2.27. The maximum atomic E-state index is 5.62. The van der Waals surface area contributed by atoms with Crippen LogP contribution in [0.5, 0.6) is 0 Å². The fraction of sp³-hybridized carbons (Fsp3) is 0.417. The van der Waals surface area contributed by atoms with E-state index in [0.717, 1.165) is 17.9 Å². The first kappa shape index (κ1) is 11.4. The van der Waals surface area contributed by atoms with Crippen LogP contribution >= 0.6 is 11.3 Å². The van der Waals surface area contributed by atoms with Crippen molar-refractivity contribution < 1.29 is 0 Å². The number of rotatable bonds is 4. The molecule has 4 heteroatoms. The van der Waals surface area contributed by atoms with Gasteiger partial charge in [-0.05, 0) is 18.6 Å². The highest BCUT2D eigenvalue weighted by atomic mass is 32.1. The number of aryl methyl sites for hydroxylation is 1. The lowest BCUT2D eigenvalue weighted by Crippen LogP contribution is -2.10. The Hall–Kier alpha value is -1.13. The van der Waals surface area contributed by atoms with Gasteiger partial charge in [0.1, 0.15) is 5.82 Å². The van der Waals surface area contributed by atoms with Crippen molar-refractivity contribution in [2.75, 3.05) is 6.54 Å². The lowest BCUT2D eigenvalue weighted by Gasteiger charge is -2.02. The van der Waals surface area contributed by atoms with E-state index in [1.54, 1.807) is 0 Å². The van der Waals surface area contributed by atoms with Crippen LogP contribution in [0.25, 0.3) is 10.6 Å². The number of nitrogens with two attached hydrogens (primary N) is 1. The summed E-state index contributed by atoms with van der Waals surface area (Å²) in [5.74, 6) is 1.27. The molecule has 0 saturated carbocycles. The summed E-state index contributed by atoms with van der Waals surface area (Å²) >= 11 is 1.82. The average molecular weight is 235 g/mol. The fourth-order valence-electron chi connectivity index (χ4n) is 1.54. The summed E-state index contributed by atoms with van der Waals surface area (Å²) in [6.45, 7) is 4.87. The van der Waals surface area contributed by atoms with Crippen molar-refractivity contribution in [3.8, 4) is 10.6 Å². The summed E-state index contributed by atoms with van der Waals surface area (Å²) in [7, 11) is 0. The molecule has 2 aromatic heterocycles. The second-order valence-corrected chi connectivity index (χ2v) is 5.11. The van der Waals surface area contributed by atoms with Crippen LogP contribution in [-0.2, 0) is 6.42 Å². The number of hydrogen-bond acceptors (Lipinski definition) is 3. The topological polar surface area (TPSA) is 54.7 Å². The summed E-state index contributed by atoms with van der Waals surface area (Å²) in [5.41, 5.74) is 6.72. The maximum Gasteiger partial charge on any atom is 0.110 e. The Balaban J connectivity index is 2.24. The second kappa shape index (κ2) is 4.80. The summed E-state index contributed by atoms with van der Waals surface area (Å²) in [6, 6.07) is 4.32. The van der Waals surface area contributed by atoms with Crippen molar-refractivity contribution in [2.24, 2.45) is 5.73 Å². The molecular weight excluding hydrogens is 218 g/mol. The molecule has 2 aromatic rings. The number of H-pyrrole nitrogens is 1. The molecule has 0 radical (unpaired) electrons. The van der Waals surface area contributed by atoms with Gasteiger partial charge in [-0.1, -0.05) is 13.8 Å². The Kier molecular flexibility index (Phi) is 3.41. The van der Waals surface area contributed by atoms with Crippen LogP contribution in [0.4, 0.5) is 0 Å². The Bertz CT molecular complexity index is 458. The van der Waals surface area contributed by atoms with Crippen molar-refractivity contribution >= 4 is 11.3 Å². The van der Waals surface area contributed by atoms with Crippen LogP contribution in [0, 0.1) is 0 Å². The molecule has 3 N–H and O–H groups in total. The van der Waals surface area contributed by atoms with Gasteiger partial charge in [-0.25, -0.2) is 4.98 Å². The van der Waals surface area contributed by atoms with Gasteiger partial charge in [0.05, 0.1) is 16.8 Å². The molecule has 86 valence electrons. The van der Waals surface area contributed by atoms with E-state index < -0.39 is 0 Å². The SMILES string of the molecule is CCc1ccc(-c2cnc(C(C)CN)[nH]2)s1. The molecule has 2 heterocycles. The number of aromatic nitrogens is 2. The van der Waals surface area contributed by atoms with Gasteiger partial charge in [-0.2, -0.15) is 0 Å². The Labute approximate surface area is 99.7 Å². The molecule has 0 spiro atoms. The summed E-state index contributed by atoms with van der Waals surface area (Å²) in [6.07, 6.45) is 2.98. The quantitative estimate of drug-likeness (QED) is 0.856. The lowest BCUT2D eigenvalue weighted by atomic mass is 10.2. The van der Waals surface area contributed by atoms with E-state index in [0.29, 0.717) is 12.5 Å². The number of thiophene rings is 1. The molecule has 16 heavy (non-hydrogen) atoms. The zero-order valence-corrected chi connectivity index (χ0v) is 10.5. The fourth-order valence-corrected chi connectivity index (χ4v) is 2.45. The zero-order valence-electron chi connectivity index (χ0n) is 9.66. The molecule has 0 aliphatic carbocycles. The van der Waals surface area contributed by atoms with Crippen molar-refractivity contribution in [1.29, 1.82) is 0 Å². The molecule has 0 aliphatic rings. The largest absolute Gasteiger partial charge is 0.341 e. The minimum atomic E-state index is 0.291. The standard InChI is InChI=1S/C12H17N3S/c1-3-9-4-5-11(16-9)10-7-14-12(15-10)8(2)6-13/h4-5,7-8H,3,6,13H2,1-2H3,(H,14,15). The Morgan fingerprint density at radius 1 is 1.50 bits per heavy atom. The number of imidazole rings is 1. The minimum Gasteiger partial charge on any atom is -0.341 e. The van der Waals surface area contributed by atoms with E-state index in [4.69, 9.17) is 5.73 Å². The van der Waals surface area contributed by atoms with E-state index in [2.05, 4.69) is 35.9 Å². The van der Waals surface area contributed by atoms with Crippen LogP contribution in [0.3, 0.4) is 0 Å². The van der Waals surface area contributed by atoms with Gasteiger partial charge in [-0.15, -0.1) is 11.3 Å². The van der Waals surface area contributed by atoms with Crippen molar-refractivity contribution in [2.45, 2.75) is 26.2 Å². The first-order valence-corrected chi connectivity index (χ1v) is 6.40. The maximum absolute atomic E-state index is 5.62. The summed E-state index contributed by atoms with van der Waals surface area (Å²) in [4.78, 5) is 10.4. The van der Waals surface area contributed by atoms with E-state index in [9.17, 15) is 0 Å². The molecule has 0 aromatic carbocycles. The van der Waals surface area contributed by atoms with Crippen molar-refractivity contribution in [1.82, 2.24) is 9.97 Å². The Morgan fingerprint density at radius 3 is 2.94 bits per heavy atom. The molecule has 2 rings (SSSR count). The number of aromatic amines is 1. The summed E-state index contributed by atoms with van der Waals surface area (Å²) in [5, 5.41) is 0. The normalized spacial score (nSPS) is 12.9. The molecule has 0 bridgehead atoms. The van der Waals surface area contributed by atoms with Crippen molar-refractivity contribution in [3.63, 3.8) is 0 Å². The molecule has 0 fully saturated rings. The predicted molar refractivity (Wildman–Crippen MR) is 68.7 cm³/mol. The number of nitrogens with one attached hydrogen (secondary N) is 1.